The Morgan fingerprint density at radius 1 is 1.06 bits per heavy atom. The zero-order valence-electron chi connectivity index (χ0n) is 17.8. The summed E-state index contributed by atoms with van der Waals surface area (Å²) in [7, 11) is 0. The number of pyridine rings is 1. The van der Waals surface area contributed by atoms with E-state index in [9.17, 15) is 9.18 Å². The number of aromatic nitrogens is 5. The summed E-state index contributed by atoms with van der Waals surface area (Å²) in [5, 5.41) is 6.64. The van der Waals surface area contributed by atoms with Crippen LogP contribution in [-0.2, 0) is 0 Å². The van der Waals surface area contributed by atoms with Crippen molar-refractivity contribution in [1.29, 1.82) is 0 Å². The zero-order chi connectivity index (χ0) is 22.9. The van der Waals surface area contributed by atoms with Crippen LogP contribution in [0.2, 0.25) is 0 Å². The van der Waals surface area contributed by atoms with E-state index in [2.05, 4.69) is 25.4 Å². The topological polar surface area (TPSA) is 110 Å². The lowest BCUT2D eigenvalue weighted by Gasteiger charge is -2.11. The van der Waals surface area contributed by atoms with Gasteiger partial charge < -0.3 is 14.8 Å². The summed E-state index contributed by atoms with van der Waals surface area (Å²) in [5.74, 6) is 0.799. The first-order chi connectivity index (χ1) is 16.0. The van der Waals surface area contributed by atoms with Crippen LogP contribution in [0.3, 0.4) is 0 Å². The largest absolute Gasteiger partial charge is 0.341 e. The Kier molecular flexibility index (Phi) is 5.14. The van der Waals surface area contributed by atoms with Crippen LogP contribution < -0.4 is 5.32 Å². The molecule has 1 atom stereocenters. The zero-order valence-corrected chi connectivity index (χ0v) is 17.8. The Hall–Kier alpha value is -4.40. The van der Waals surface area contributed by atoms with E-state index < -0.39 is 6.04 Å². The van der Waals surface area contributed by atoms with E-state index in [0.29, 0.717) is 39.7 Å². The Morgan fingerprint density at radius 3 is 2.52 bits per heavy atom. The monoisotopic (exact) mass is 442 g/mol. The van der Waals surface area contributed by atoms with Gasteiger partial charge in [-0.3, -0.25) is 9.78 Å². The molecule has 0 saturated heterocycles. The molecule has 0 unspecified atom stereocenters. The molecule has 0 aliphatic heterocycles. The van der Waals surface area contributed by atoms with Crippen LogP contribution >= 0.6 is 0 Å². The van der Waals surface area contributed by atoms with Gasteiger partial charge in [0.1, 0.15) is 17.7 Å². The summed E-state index contributed by atoms with van der Waals surface area (Å²) in [5.41, 5.74) is 4.06. The van der Waals surface area contributed by atoms with Crippen molar-refractivity contribution in [3.8, 4) is 22.5 Å². The maximum absolute atomic E-state index is 13.5. The van der Waals surface area contributed by atoms with Gasteiger partial charge in [0.2, 0.25) is 5.89 Å². The highest BCUT2D eigenvalue weighted by Crippen LogP contribution is 2.31. The first-order valence-electron chi connectivity index (χ1n) is 10.3. The Morgan fingerprint density at radius 2 is 1.82 bits per heavy atom. The number of hydrogen-bond donors (Lipinski definition) is 2. The second-order valence-corrected chi connectivity index (χ2v) is 7.62. The van der Waals surface area contributed by atoms with Crippen LogP contribution in [-0.4, -0.2) is 31.0 Å². The predicted molar refractivity (Wildman–Crippen MR) is 120 cm³/mol. The van der Waals surface area contributed by atoms with Gasteiger partial charge in [0.15, 0.2) is 5.82 Å². The molecule has 2 aromatic carbocycles. The Labute approximate surface area is 187 Å². The van der Waals surface area contributed by atoms with Crippen molar-refractivity contribution in [2.75, 3.05) is 0 Å². The molecule has 5 aromatic rings. The number of benzene rings is 2. The molecule has 0 saturated carbocycles. The molecule has 164 valence electrons. The van der Waals surface area contributed by atoms with Gasteiger partial charge in [0, 0.05) is 29.1 Å². The number of H-pyrrole nitrogens is 1. The number of nitrogens with zero attached hydrogens (tertiary/aromatic N) is 4. The summed E-state index contributed by atoms with van der Waals surface area (Å²) in [6.07, 6.45) is 3.37. The Bertz CT molecular complexity index is 1440. The number of aryl methyl sites for hydroxylation is 1. The van der Waals surface area contributed by atoms with Crippen LogP contribution in [0.4, 0.5) is 4.39 Å². The molecule has 0 bridgehead atoms. The second-order valence-electron chi connectivity index (χ2n) is 7.62. The van der Waals surface area contributed by atoms with E-state index >= 15 is 0 Å². The lowest BCUT2D eigenvalue weighted by Crippen LogP contribution is -2.27. The summed E-state index contributed by atoms with van der Waals surface area (Å²) in [6, 6.07) is 12.8. The van der Waals surface area contributed by atoms with E-state index in [1.165, 1.54) is 12.1 Å². The molecule has 0 aliphatic rings. The third-order valence-electron chi connectivity index (χ3n) is 5.22. The van der Waals surface area contributed by atoms with Gasteiger partial charge in [0.05, 0.1) is 11.0 Å². The summed E-state index contributed by atoms with van der Waals surface area (Å²) >= 11 is 0. The van der Waals surface area contributed by atoms with Crippen molar-refractivity contribution < 1.29 is 13.7 Å². The molecular formula is C24H19FN6O2. The first kappa shape index (κ1) is 20.5. The third kappa shape index (κ3) is 4.08. The molecule has 0 fully saturated rings. The van der Waals surface area contributed by atoms with E-state index in [0.717, 1.165) is 11.1 Å². The average Bonchev–Trinajstić information content (AvgIpc) is 3.46. The summed E-state index contributed by atoms with van der Waals surface area (Å²) < 4.78 is 18.7. The van der Waals surface area contributed by atoms with Gasteiger partial charge >= 0.3 is 0 Å². The molecule has 9 heteroatoms. The molecule has 0 aliphatic carbocycles. The molecule has 8 nitrogen and oxygen atoms in total. The standard InChI is InChI=1S/C24H19FN6O2/c1-13(24-28-14(2)31-33-24)27-23(32)17-11-19(15-3-5-18(25)6-4-15)21-20(12-17)29-22(30-21)16-7-9-26-10-8-16/h3-13H,1-2H3,(H,27,32)(H,29,30)/t13-/m1/s1. The minimum Gasteiger partial charge on any atom is -0.341 e. The van der Waals surface area contributed by atoms with E-state index in [-0.39, 0.29) is 11.7 Å². The molecule has 33 heavy (non-hydrogen) atoms. The van der Waals surface area contributed by atoms with Crippen molar-refractivity contribution in [1.82, 2.24) is 30.4 Å². The number of halogens is 1. The van der Waals surface area contributed by atoms with Crippen LogP contribution in [0.1, 0.15) is 35.0 Å². The smallest absolute Gasteiger partial charge is 0.252 e. The van der Waals surface area contributed by atoms with E-state index in [1.54, 1.807) is 50.5 Å². The van der Waals surface area contributed by atoms with Crippen molar-refractivity contribution in [3.05, 3.63) is 84.0 Å². The highest BCUT2D eigenvalue weighted by Gasteiger charge is 2.20. The predicted octanol–water partition coefficient (Wildman–Crippen LogP) is 4.61. The quantitative estimate of drug-likeness (QED) is 0.411. The number of nitrogens with one attached hydrogen (secondary N) is 2. The van der Waals surface area contributed by atoms with Gasteiger partial charge in [-0.2, -0.15) is 4.98 Å². The van der Waals surface area contributed by atoms with Gasteiger partial charge in [-0.05, 0) is 55.8 Å². The van der Waals surface area contributed by atoms with Crippen LogP contribution in [0.25, 0.3) is 33.5 Å². The third-order valence-corrected chi connectivity index (χ3v) is 5.22. The van der Waals surface area contributed by atoms with E-state index in [4.69, 9.17) is 9.51 Å². The number of amides is 1. The maximum atomic E-state index is 13.5. The molecular weight excluding hydrogens is 423 g/mol. The van der Waals surface area contributed by atoms with Crippen molar-refractivity contribution in [3.63, 3.8) is 0 Å². The lowest BCUT2D eigenvalue weighted by atomic mass is 10.0. The first-order valence-corrected chi connectivity index (χ1v) is 10.3. The number of carbonyl (C=O) groups is 1. The SMILES string of the molecule is Cc1noc([C@@H](C)NC(=O)c2cc(-c3ccc(F)cc3)c3nc(-c4ccncc4)[nH]c3c2)n1. The lowest BCUT2D eigenvalue weighted by molar-refractivity contribution is 0.0932. The molecule has 2 N–H and O–H groups in total. The van der Waals surface area contributed by atoms with Crippen LogP contribution in [0.15, 0.2) is 65.4 Å². The fraction of sp³-hybridized carbons (Fsp3) is 0.125. The van der Waals surface area contributed by atoms with Crippen LogP contribution in [0.5, 0.6) is 0 Å². The minimum absolute atomic E-state index is 0.316. The van der Waals surface area contributed by atoms with E-state index in [1.807, 2.05) is 12.1 Å². The second kappa shape index (κ2) is 8.27. The number of hydrogen-bond acceptors (Lipinski definition) is 6. The number of carbonyl (C=O) groups excluding carboxylic acids is 1. The van der Waals surface area contributed by atoms with Gasteiger partial charge in [-0.25, -0.2) is 9.37 Å². The van der Waals surface area contributed by atoms with Gasteiger partial charge in [-0.1, -0.05) is 17.3 Å². The van der Waals surface area contributed by atoms with Gasteiger partial charge in [-0.15, -0.1) is 0 Å². The number of imidazole rings is 1. The fourth-order valence-electron chi connectivity index (χ4n) is 3.58. The molecule has 3 aromatic heterocycles. The van der Waals surface area contributed by atoms with Gasteiger partial charge in [0.25, 0.3) is 5.91 Å². The molecule has 3 heterocycles. The number of rotatable bonds is 5. The molecule has 0 radical (unpaired) electrons. The summed E-state index contributed by atoms with van der Waals surface area (Å²) in [4.78, 5) is 29.3. The van der Waals surface area contributed by atoms with Crippen molar-refractivity contribution in [2.24, 2.45) is 0 Å². The molecule has 1 amide bonds. The average molecular weight is 442 g/mol. The van der Waals surface area contributed by atoms with Crippen molar-refractivity contribution in [2.45, 2.75) is 19.9 Å². The number of fused-ring (bicyclic) bond motifs is 1. The molecule has 5 rings (SSSR count). The van der Waals surface area contributed by atoms with Crippen LogP contribution in [0, 0.1) is 12.7 Å². The number of aromatic amines is 1. The maximum Gasteiger partial charge on any atom is 0.252 e. The summed E-state index contributed by atoms with van der Waals surface area (Å²) in [6.45, 7) is 3.48. The van der Waals surface area contributed by atoms with Crippen molar-refractivity contribution >= 4 is 16.9 Å². The Balaban J connectivity index is 1.58. The highest BCUT2D eigenvalue weighted by molar-refractivity contribution is 6.03. The molecule has 0 spiro atoms. The minimum atomic E-state index is -0.474. The highest BCUT2D eigenvalue weighted by atomic mass is 19.1. The fourth-order valence-corrected chi connectivity index (χ4v) is 3.58. The normalized spacial score (nSPS) is 12.1.